The van der Waals surface area contributed by atoms with Crippen molar-refractivity contribution < 1.29 is 4.79 Å². The average molecular weight is 337 g/mol. The molecule has 2 aromatic rings. The summed E-state index contributed by atoms with van der Waals surface area (Å²) in [6, 6.07) is 5.42. The number of amides is 2. The van der Waals surface area contributed by atoms with Crippen molar-refractivity contribution in [2.75, 3.05) is 36.4 Å². The summed E-state index contributed by atoms with van der Waals surface area (Å²) in [6.45, 7) is 4.92. The fourth-order valence-corrected chi connectivity index (χ4v) is 3.26. The summed E-state index contributed by atoms with van der Waals surface area (Å²) in [5.41, 5.74) is 1.76. The van der Waals surface area contributed by atoms with E-state index < -0.39 is 0 Å². The minimum Gasteiger partial charge on any atom is -0.345 e. The van der Waals surface area contributed by atoms with Gasteiger partial charge in [0, 0.05) is 48.5 Å². The molecule has 2 heterocycles. The van der Waals surface area contributed by atoms with Gasteiger partial charge in [-0.2, -0.15) is 0 Å². The van der Waals surface area contributed by atoms with Crippen LogP contribution >= 0.6 is 22.9 Å². The van der Waals surface area contributed by atoms with E-state index in [1.54, 1.807) is 23.6 Å². The molecule has 0 bridgehead atoms. The van der Waals surface area contributed by atoms with Crippen LogP contribution in [0.25, 0.3) is 0 Å². The van der Waals surface area contributed by atoms with Crippen LogP contribution in [0.3, 0.4) is 0 Å². The minimum absolute atomic E-state index is 0.0795. The maximum absolute atomic E-state index is 12.4. The Balaban J connectivity index is 1.59. The highest BCUT2D eigenvalue weighted by atomic mass is 35.5. The van der Waals surface area contributed by atoms with E-state index in [4.69, 9.17) is 11.6 Å². The fraction of sp³-hybridized carbons (Fsp3) is 0.333. The Kier molecular flexibility index (Phi) is 4.49. The highest BCUT2D eigenvalue weighted by Gasteiger charge is 2.22. The lowest BCUT2D eigenvalue weighted by Crippen LogP contribution is -2.50. The summed E-state index contributed by atoms with van der Waals surface area (Å²) < 4.78 is 0. The van der Waals surface area contributed by atoms with E-state index in [9.17, 15) is 4.79 Å². The molecule has 1 aliphatic rings. The zero-order chi connectivity index (χ0) is 15.5. The van der Waals surface area contributed by atoms with Crippen LogP contribution in [0.15, 0.2) is 29.8 Å². The number of halogens is 1. The van der Waals surface area contributed by atoms with E-state index in [0.29, 0.717) is 18.1 Å². The summed E-state index contributed by atoms with van der Waals surface area (Å²) in [5.74, 6) is 0. The summed E-state index contributed by atoms with van der Waals surface area (Å²) in [5, 5.41) is 6.55. The van der Waals surface area contributed by atoms with E-state index in [1.807, 2.05) is 29.3 Å². The molecule has 5 nitrogen and oxygen atoms in total. The van der Waals surface area contributed by atoms with Gasteiger partial charge in [0.25, 0.3) is 0 Å². The molecule has 3 rings (SSSR count). The number of carbonyl (C=O) groups excluding carboxylic acids is 1. The van der Waals surface area contributed by atoms with Gasteiger partial charge < -0.3 is 15.1 Å². The van der Waals surface area contributed by atoms with Gasteiger partial charge >= 0.3 is 6.03 Å². The van der Waals surface area contributed by atoms with Gasteiger partial charge in [-0.05, 0) is 24.6 Å². The molecule has 0 saturated carbocycles. The van der Waals surface area contributed by atoms with Gasteiger partial charge in [-0.15, -0.1) is 11.3 Å². The molecule has 7 heteroatoms. The van der Waals surface area contributed by atoms with Crippen LogP contribution in [0.5, 0.6) is 0 Å². The van der Waals surface area contributed by atoms with Crippen molar-refractivity contribution in [3.63, 3.8) is 0 Å². The van der Waals surface area contributed by atoms with Gasteiger partial charge in [-0.1, -0.05) is 17.7 Å². The third-order valence-electron chi connectivity index (χ3n) is 3.70. The zero-order valence-electron chi connectivity index (χ0n) is 12.3. The number of aryl methyl sites for hydroxylation is 1. The van der Waals surface area contributed by atoms with Gasteiger partial charge in [0.2, 0.25) is 0 Å². The lowest BCUT2D eigenvalue weighted by molar-refractivity contribution is 0.208. The van der Waals surface area contributed by atoms with Crippen molar-refractivity contribution in [2.24, 2.45) is 0 Å². The van der Waals surface area contributed by atoms with Gasteiger partial charge in [0.05, 0.1) is 0 Å². The number of aromatic nitrogens is 1. The van der Waals surface area contributed by atoms with Crippen LogP contribution in [0, 0.1) is 6.92 Å². The van der Waals surface area contributed by atoms with Crippen molar-refractivity contribution in [3.05, 3.63) is 40.4 Å². The van der Waals surface area contributed by atoms with E-state index in [2.05, 4.69) is 15.2 Å². The number of urea groups is 1. The molecule has 1 aromatic heterocycles. The minimum atomic E-state index is -0.0795. The lowest BCUT2D eigenvalue weighted by Gasteiger charge is -2.34. The molecule has 0 aliphatic carbocycles. The van der Waals surface area contributed by atoms with E-state index in [-0.39, 0.29) is 6.03 Å². The second-order valence-electron chi connectivity index (χ2n) is 5.18. The number of nitrogens with one attached hydrogen (secondary N) is 1. The number of benzene rings is 1. The molecule has 0 radical (unpaired) electrons. The SMILES string of the molecule is Cc1ccc(Cl)cc1NC(=O)N1CCN(c2nccs2)CC1. The van der Waals surface area contributed by atoms with Gasteiger partial charge in [0.1, 0.15) is 0 Å². The number of thiazole rings is 1. The van der Waals surface area contributed by atoms with Gasteiger partial charge in [-0.25, -0.2) is 9.78 Å². The van der Waals surface area contributed by atoms with E-state index in [0.717, 1.165) is 29.5 Å². The zero-order valence-corrected chi connectivity index (χ0v) is 13.8. The third-order valence-corrected chi connectivity index (χ3v) is 4.77. The number of hydrogen-bond donors (Lipinski definition) is 1. The monoisotopic (exact) mass is 336 g/mol. The summed E-state index contributed by atoms with van der Waals surface area (Å²) >= 11 is 7.61. The maximum atomic E-state index is 12.4. The van der Waals surface area contributed by atoms with Crippen molar-refractivity contribution in [2.45, 2.75) is 6.92 Å². The molecule has 2 amide bonds. The van der Waals surface area contributed by atoms with Crippen molar-refractivity contribution in [1.29, 1.82) is 0 Å². The molecular formula is C15H17ClN4OS. The molecule has 0 spiro atoms. The predicted octanol–water partition coefficient (Wildman–Crippen LogP) is 3.46. The van der Waals surface area contributed by atoms with Crippen LogP contribution in [-0.2, 0) is 0 Å². The predicted molar refractivity (Wildman–Crippen MR) is 91.1 cm³/mol. The van der Waals surface area contributed by atoms with E-state index in [1.165, 1.54) is 0 Å². The number of hydrogen-bond acceptors (Lipinski definition) is 4. The number of anilines is 2. The van der Waals surface area contributed by atoms with Crippen LogP contribution in [-0.4, -0.2) is 42.1 Å². The van der Waals surface area contributed by atoms with Crippen LogP contribution in [0.4, 0.5) is 15.6 Å². The molecule has 0 unspecified atom stereocenters. The number of carbonyl (C=O) groups is 1. The maximum Gasteiger partial charge on any atom is 0.321 e. The third kappa shape index (κ3) is 3.34. The molecule has 116 valence electrons. The fourth-order valence-electron chi connectivity index (χ4n) is 2.40. The Morgan fingerprint density at radius 2 is 2.09 bits per heavy atom. The van der Waals surface area contributed by atoms with Gasteiger partial charge in [0.15, 0.2) is 5.13 Å². The Hall–Kier alpha value is -1.79. The standard InChI is InChI=1S/C15H17ClN4OS/c1-11-2-3-12(16)10-13(11)18-14(21)19-5-7-20(8-6-19)15-17-4-9-22-15/h2-4,9-10H,5-8H2,1H3,(H,18,21). The molecule has 1 saturated heterocycles. The quantitative estimate of drug-likeness (QED) is 0.913. The van der Waals surface area contributed by atoms with Crippen molar-refractivity contribution in [3.8, 4) is 0 Å². The molecule has 1 aromatic carbocycles. The van der Waals surface area contributed by atoms with Crippen molar-refractivity contribution in [1.82, 2.24) is 9.88 Å². The molecule has 1 N–H and O–H groups in total. The molecule has 1 fully saturated rings. The normalized spacial score (nSPS) is 15.0. The molecule has 0 atom stereocenters. The Morgan fingerprint density at radius 1 is 1.32 bits per heavy atom. The van der Waals surface area contributed by atoms with Crippen LogP contribution in [0.1, 0.15) is 5.56 Å². The first-order valence-electron chi connectivity index (χ1n) is 7.10. The van der Waals surface area contributed by atoms with Crippen LogP contribution in [0.2, 0.25) is 5.02 Å². The van der Waals surface area contributed by atoms with Gasteiger partial charge in [-0.3, -0.25) is 0 Å². The highest BCUT2D eigenvalue weighted by molar-refractivity contribution is 7.13. The second-order valence-corrected chi connectivity index (χ2v) is 6.49. The molecule has 22 heavy (non-hydrogen) atoms. The Bertz CT molecular complexity index is 654. The van der Waals surface area contributed by atoms with Crippen molar-refractivity contribution >= 4 is 39.8 Å². The Labute approximate surface area is 138 Å². The number of piperazine rings is 1. The first-order valence-corrected chi connectivity index (χ1v) is 8.36. The summed E-state index contributed by atoms with van der Waals surface area (Å²) in [7, 11) is 0. The average Bonchev–Trinajstić information content (AvgIpc) is 3.05. The molecule has 1 aliphatic heterocycles. The summed E-state index contributed by atoms with van der Waals surface area (Å²) in [6.07, 6.45) is 1.81. The first kappa shape index (κ1) is 15.1. The summed E-state index contributed by atoms with van der Waals surface area (Å²) in [4.78, 5) is 20.7. The van der Waals surface area contributed by atoms with E-state index >= 15 is 0 Å². The number of nitrogens with zero attached hydrogens (tertiary/aromatic N) is 3. The lowest BCUT2D eigenvalue weighted by atomic mass is 10.2. The largest absolute Gasteiger partial charge is 0.345 e. The molecular weight excluding hydrogens is 320 g/mol. The topological polar surface area (TPSA) is 48.5 Å². The second kappa shape index (κ2) is 6.54. The van der Waals surface area contributed by atoms with Crippen LogP contribution < -0.4 is 10.2 Å². The first-order chi connectivity index (χ1) is 10.6. The number of rotatable bonds is 2. The Morgan fingerprint density at radius 3 is 2.77 bits per heavy atom. The smallest absolute Gasteiger partial charge is 0.321 e. The highest BCUT2D eigenvalue weighted by Crippen LogP contribution is 2.22.